The van der Waals surface area contributed by atoms with Crippen LogP contribution in [0, 0.1) is 0 Å². The Bertz CT molecular complexity index is 941. The molecule has 0 aromatic carbocycles. The third-order valence-corrected chi connectivity index (χ3v) is 9.42. The number of carbonyl (C=O) groups excluding carboxylic acids is 1. The predicted molar refractivity (Wildman–Crippen MR) is 209 cm³/mol. The molecule has 0 saturated carbocycles. The summed E-state index contributed by atoms with van der Waals surface area (Å²) in [6.07, 6.45) is 39.1. The summed E-state index contributed by atoms with van der Waals surface area (Å²) in [6.45, 7) is 3.88. The first kappa shape index (κ1) is 48.4. The molecule has 0 aliphatic rings. The van der Waals surface area contributed by atoms with E-state index in [0.29, 0.717) is 12.8 Å². The van der Waals surface area contributed by atoms with Crippen LogP contribution in [0.3, 0.4) is 0 Å². The molecule has 4 atom stereocenters. The molecule has 4 unspecified atom stereocenters. The van der Waals surface area contributed by atoms with Gasteiger partial charge < -0.3 is 26.2 Å². The maximum Gasteiger partial charge on any atom is 0.472 e. The van der Waals surface area contributed by atoms with Gasteiger partial charge in [0.05, 0.1) is 37.9 Å². The van der Waals surface area contributed by atoms with E-state index in [1.165, 1.54) is 70.6 Å². The summed E-state index contributed by atoms with van der Waals surface area (Å²) in [4.78, 5) is 22.7. The van der Waals surface area contributed by atoms with Crippen molar-refractivity contribution in [1.29, 1.82) is 0 Å². The summed E-state index contributed by atoms with van der Waals surface area (Å²) in [6, 6.07) is -1.00. The molecule has 6 N–H and O–H groups in total. The van der Waals surface area contributed by atoms with Crippen LogP contribution in [-0.4, -0.2) is 59.0 Å². The first-order valence-electron chi connectivity index (χ1n) is 19.8. The topological polar surface area (TPSA) is 151 Å². The molecule has 0 heterocycles. The van der Waals surface area contributed by atoms with E-state index >= 15 is 0 Å². The number of aliphatic hydroxyl groups is 2. The van der Waals surface area contributed by atoms with E-state index in [9.17, 15) is 24.5 Å². The summed E-state index contributed by atoms with van der Waals surface area (Å²) in [7, 11) is -4.41. The number of phosphoric ester groups is 1. The molecule has 1 amide bonds. The molecule has 0 spiro atoms. The number of carbonyl (C=O) groups is 1. The third-order valence-electron chi connectivity index (χ3n) is 8.43. The van der Waals surface area contributed by atoms with Gasteiger partial charge in [-0.25, -0.2) is 4.57 Å². The lowest BCUT2D eigenvalue weighted by Crippen LogP contribution is -2.46. The number of aliphatic hydroxyl groups excluding tert-OH is 2. The van der Waals surface area contributed by atoms with Crippen LogP contribution in [-0.2, 0) is 18.4 Å². The minimum Gasteiger partial charge on any atom is -0.393 e. The van der Waals surface area contributed by atoms with Gasteiger partial charge in [0.2, 0.25) is 5.91 Å². The van der Waals surface area contributed by atoms with Gasteiger partial charge in [-0.3, -0.25) is 13.8 Å². The molecule has 0 aromatic rings. The molecule has 0 bridgehead atoms. The van der Waals surface area contributed by atoms with Gasteiger partial charge in [-0.1, -0.05) is 140 Å². The minimum absolute atomic E-state index is 0.0412. The molecule has 0 aliphatic carbocycles. The van der Waals surface area contributed by atoms with E-state index in [0.717, 1.165) is 57.8 Å². The summed E-state index contributed by atoms with van der Waals surface area (Å²) < 4.78 is 22.0. The van der Waals surface area contributed by atoms with Gasteiger partial charge >= 0.3 is 7.82 Å². The summed E-state index contributed by atoms with van der Waals surface area (Å²) in [5, 5.41) is 23.9. The Morgan fingerprint density at radius 3 is 1.82 bits per heavy atom. The molecular formula is C40H75N2O7P. The highest BCUT2D eigenvalue weighted by molar-refractivity contribution is 7.47. The van der Waals surface area contributed by atoms with Crippen LogP contribution in [0.2, 0.25) is 0 Å². The quantitative estimate of drug-likeness (QED) is 0.0243. The fraction of sp³-hybridized carbons (Fsp3) is 0.775. The van der Waals surface area contributed by atoms with Crippen molar-refractivity contribution in [2.75, 3.05) is 19.8 Å². The molecule has 9 nitrogen and oxygen atoms in total. The maximum absolute atomic E-state index is 12.8. The van der Waals surface area contributed by atoms with Crippen molar-refractivity contribution in [2.45, 2.75) is 180 Å². The molecular weight excluding hydrogens is 651 g/mol. The number of hydrogen-bond donors (Lipinski definition) is 5. The number of nitrogens with one attached hydrogen (secondary N) is 1. The SMILES string of the molecule is CCCCC/C=C\C/C=C\CCCCCCCC(O)CC(=O)NC(COP(=O)(O)OCCN)C(O)/C=C/CC/C=C/CCCCCCCCC. The molecule has 292 valence electrons. The fourth-order valence-electron chi connectivity index (χ4n) is 5.40. The van der Waals surface area contributed by atoms with Crippen LogP contribution in [0.5, 0.6) is 0 Å². The Hall–Kier alpha value is -1.58. The Morgan fingerprint density at radius 2 is 1.20 bits per heavy atom. The zero-order valence-corrected chi connectivity index (χ0v) is 32.6. The largest absolute Gasteiger partial charge is 0.472 e. The standard InChI is InChI=1S/C40H75N2O7P/c1-3-5-7-9-11-13-15-17-18-20-21-23-25-27-29-31-37(43)35-40(45)42-38(36-49-50(46,47)48-34-33-41)39(44)32-30-28-26-24-22-19-16-14-12-10-8-6-4-2/h11,13,17-18,22,24,30,32,37-39,43-44H,3-10,12,14-16,19-21,23,25-29,31,33-36,41H2,1-2H3,(H,42,45)(H,46,47)/b13-11-,18-17-,24-22+,32-30+. The third kappa shape index (κ3) is 33.6. The average Bonchev–Trinajstić information content (AvgIpc) is 3.09. The Labute approximate surface area is 305 Å². The predicted octanol–water partition coefficient (Wildman–Crippen LogP) is 9.52. The van der Waals surface area contributed by atoms with Crippen molar-refractivity contribution < 1.29 is 33.5 Å². The van der Waals surface area contributed by atoms with Crippen molar-refractivity contribution in [3.63, 3.8) is 0 Å². The van der Waals surface area contributed by atoms with Crippen LogP contribution in [0.15, 0.2) is 48.6 Å². The lowest BCUT2D eigenvalue weighted by atomic mass is 10.0. The molecule has 0 aliphatic heterocycles. The monoisotopic (exact) mass is 727 g/mol. The Kier molecular flexibility index (Phi) is 34.7. The van der Waals surface area contributed by atoms with Gasteiger partial charge in [0.15, 0.2) is 0 Å². The van der Waals surface area contributed by atoms with E-state index in [1.807, 2.05) is 6.08 Å². The first-order chi connectivity index (χ1) is 24.3. The summed E-state index contributed by atoms with van der Waals surface area (Å²) in [5.41, 5.74) is 5.34. The van der Waals surface area contributed by atoms with Crippen molar-refractivity contribution in [2.24, 2.45) is 5.73 Å². The first-order valence-corrected chi connectivity index (χ1v) is 21.3. The van der Waals surface area contributed by atoms with Gasteiger partial charge in [-0.15, -0.1) is 0 Å². The highest BCUT2D eigenvalue weighted by atomic mass is 31.2. The van der Waals surface area contributed by atoms with Crippen molar-refractivity contribution in [3.05, 3.63) is 48.6 Å². The van der Waals surface area contributed by atoms with Crippen LogP contribution in [0.1, 0.15) is 162 Å². The van der Waals surface area contributed by atoms with E-state index < -0.39 is 38.6 Å². The molecule has 0 saturated heterocycles. The number of hydrogen-bond acceptors (Lipinski definition) is 7. The van der Waals surface area contributed by atoms with Crippen LogP contribution in [0.25, 0.3) is 0 Å². The molecule has 0 aromatic heterocycles. The smallest absolute Gasteiger partial charge is 0.393 e. The van der Waals surface area contributed by atoms with Gasteiger partial charge in [-0.05, 0) is 64.2 Å². The maximum atomic E-state index is 12.8. The number of rotatable bonds is 36. The van der Waals surface area contributed by atoms with Crippen LogP contribution < -0.4 is 11.1 Å². The van der Waals surface area contributed by atoms with Crippen molar-refractivity contribution in [3.8, 4) is 0 Å². The van der Waals surface area contributed by atoms with Gasteiger partial charge in [0.25, 0.3) is 0 Å². The lowest BCUT2D eigenvalue weighted by molar-refractivity contribution is -0.124. The average molecular weight is 727 g/mol. The molecule has 0 radical (unpaired) electrons. The second-order valence-corrected chi connectivity index (χ2v) is 14.8. The second-order valence-electron chi connectivity index (χ2n) is 13.3. The Balaban J connectivity index is 4.47. The Morgan fingerprint density at radius 1 is 0.700 bits per heavy atom. The van der Waals surface area contributed by atoms with Crippen molar-refractivity contribution >= 4 is 13.7 Å². The molecule has 50 heavy (non-hydrogen) atoms. The normalized spacial score (nSPS) is 15.4. The molecule has 0 rings (SSSR count). The van der Waals surface area contributed by atoms with Gasteiger partial charge in [0.1, 0.15) is 0 Å². The second kappa shape index (κ2) is 35.8. The van der Waals surface area contributed by atoms with E-state index in [2.05, 4.69) is 55.6 Å². The summed E-state index contributed by atoms with van der Waals surface area (Å²) in [5.74, 6) is -0.468. The van der Waals surface area contributed by atoms with E-state index in [1.54, 1.807) is 6.08 Å². The highest BCUT2D eigenvalue weighted by Crippen LogP contribution is 2.43. The van der Waals surface area contributed by atoms with Gasteiger partial charge in [-0.2, -0.15) is 0 Å². The number of nitrogens with two attached hydrogens (primary N) is 1. The van der Waals surface area contributed by atoms with Gasteiger partial charge in [0, 0.05) is 6.54 Å². The lowest BCUT2D eigenvalue weighted by Gasteiger charge is -2.24. The fourth-order valence-corrected chi connectivity index (χ4v) is 6.16. The van der Waals surface area contributed by atoms with E-state index in [4.69, 9.17) is 14.8 Å². The number of amides is 1. The van der Waals surface area contributed by atoms with Crippen LogP contribution >= 0.6 is 7.82 Å². The minimum atomic E-state index is -4.41. The summed E-state index contributed by atoms with van der Waals surface area (Å²) >= 11 is 0. The van der Waals surface area contributed by atoms with E-state index in [-0.39, 0.29) is 19.6 Å². The highest BCUT2D eigenvalue weighted by Gasteiger charge is 2.27. The van der Waals surface area contributed by atoms with Crippen LogP contribution in [0.4, 0.5) is 0 Å². The number of unbranched alkanes of at least 4 members (excludes halogenated alkanes) is 16. The number of phosphoric acid groups is 1. The molecule has 10 heteroatoms. The molecule has 0 fully saturated rings. The number of allylic oxidation sites excluding steroid dienone is 7. The zero-order valence-electron chi connectivity index (χ0n) is 31.7. The van der Waals surface area contributed by atoms with Crippen molar-refractivity contribution in [1.82, 2.24) is 5.32 Å². The zero-order chi connectivity index (χ0) is 37.0.